The second-order valence-electron chi connectivity index (χ2n) is 3.14. The highest BCUT2D eigenvalue weighted by Gasteiger charge is 2.25. The molecule has 1 atom stereocenters. The number of hydrogen-bond acceptors (Lipinski definition) is 3. The molecule has 0 saturated carbocycles. The lowest BCUT2D eigenvalue weighted by Gasteiger charge is -2.20. The molecule has 1 aromatic heterocycles. The maximum Gasteiger partial charge on any atom is 0.0724 e. The highest BCUT2D eigenvalue weighted by molar-refractivity contribution is 7.11. The number of rotatable bonds is 2. The minimum atomic E-state index is -0.712. The molecule has 1 aromatic rings. The Hall–Kier alpha value is -0.0900. The molecule has 0 spiro atoms. The van der Waals surface area contributed by atoms with Gasteiger partial charge in [-0.05, 0) is 24.8 Å². The molecule has 68 valence electrons. The van der Waals surface area contributed by atoms with Crippen LogP contribution in [-0.4, -0.2) is 11.7 Å². The summed E-state index contributed by atoms with van der Waals surface area (Å²) in [5, 5.41) is 11.6. The standard InChI is InChI=1S/C8H12ClNOS/c1-5-3-12-7(6(5)9)8(2,10)4-11/h3,11H,4,10H2,1-2H3. The van der Waals surface area contributed by atoms with Crippen molar-refractivity contribution in [1.29, 1.82) is 0 Å². The van der Waals surface area contributed by atoms with Crippen molar-refractivity contribution in [1.82, 2.24) is 0 Å². The van der Waals surface area contributed by atoms with Crippen LogP contribution < -0.4 is 5.73 Å². The van der Waals surface area contributed by atoms with Gasteiger partial charge in [0.15, 0.2) is 0 Å². The number of halogens is 1. The lowest BCUT2D eigenvalue weighted by molar-refractivity contribution is 0.212. The maximum atomic E-state index is 9.00. The van der Waals surface area contributed by atoms with Gasteiger partial charge in [0.2, 0.25) is 0 Å². The maximum absolute atomic E-state index is 9.00. The van der Waals surface area contributed by atoms with Crippen LogP contribution in [0, 0.1) is 6.92 Å². The zero-order valence-electron chi connectivity index (χ0n) is 7.10. The van der Waals surface area contributed by atoms with Crippen LogP contribution in [0.4, 0.5) is 0 Å². The molecule has 0 saturated heterocycles. The van der Waals surface area contributed by atoms with Crippen molar-refractivity contribution in [2.75, 3.05) is 6.61 Å². The molecule has 1 heterocycles. The average molecular weight is 206 g/mol. The van der Waals surface area contributed by atoms with Crippen LogP contribution in [0.15, 0.2) is 5.38 Å². The molecule has 0 aliphatic heterocycles. The Labute approximate surface area is 81.0 Å². The molecule has 3 N–H and O–H groups in total. The molecule has 0 fully saturated rings. The summed E-state index contributed by atoms with van der Waals surface area (Å²) in [5.41, 5.74) is 6.13. The van der Waals surface area contributed by atoms with E-state index in [4.69, 9.17) is 22.4 Å². The van der Waals surface area contributed by atoms with Crippen molar-refractivity contribution in [3.8, 4) is 0 Å². The monoisotopic (exact) mass is 205 g/mol. The molecule has 1 rings (SSSR count). The van der Waals surface area contributed by atoms with Gasteiger partial charge in [-0.2, -0.15) is 0 Å². The van der Waals surface area contributed by atoms with Crippen LogP contribution in [-0.2, 0) is 5.54 Å². The number of aryl methyl sites for hydroxylation is 1. The van der Waals surface area contributed by atoms with Gasteiger partial charge >= 0.3 is 0 Å². The molecular weight excluding hydrogens is 194 g/mol. The predicted octanol–water partition coefficient (Wildman–Crippen LogP) is 1.88. The molecule has 0 aliphatic rings. The summed E-state index contributed by atoms with van der Waals surface area (Å²) in [6, 6.07) is 0. The summed E-state index contributed by atoms with van der Waals surface area (Å²) in [5.74, 6) is 0. The lowest BCUT2D eigenvalue weighted by Crippen LogP contribution is -2.36. The Morgan fingerprint density at radius 1 is 1.75 bits per heavy atom. The third kappa shape index (κ3) is 1.64. The van der Waals surface area contributed by atoms with E-state index in [1.807, 2.05) is 12.3 Å². The highest BCUT2D eigenvalue weighted by Crippen LogP contribution is 2.34. The van der Waals surface area contributed by atoms with Gasteiger partial charge < -0.3 is 10.8 Å². The topological polar surface area (TPSA) is 46.2 Å². The predicted molar refractivity (Wildman–Crippen MR) is 52.7 cm³/mol. The highest BCUT2D eigenvalue weighted by atomic mass is 35.5. The number of thiophene rings is 1. The van der Waals surface area contributed by atoms with Gasteiger partial charge in [-0.25, -0.2) is 0 Å². The lowest BCUT2D eigenvalue weighted by atomic mass is 10.0. The van der Waals surface area contributed by atoms with Crippen molar-refractivity contribution in [2.24, 2.45) is 5.73 Å². The van der Waals surface area contributed by atoms with Gasteiger partial charge in [-0.3, -0.25) is 0 Å². The minimum Gasteiger partial charge on any atom is -0.394 e. The van der Waals surface area contributed by atoms with Crippen molar-refractivity contribution in [3.63, 3.8) is 0 Å². The van der Waals surface area contributed by atoms with Crippen LogP contribution in [0.5, 0.6) is 0 Å². The Bertz CT molecular complexity index is 283. The zero-order chi connectivity index (χ0) is 9.35. The first-order chi connectivity index (χ1) is 5.49. The molecular formula is C8H12ClNOS. The summed E-state index contributed by atoms with van der Waals surface area (Å²) in [6.45, 7) is 3.60. The fourth-order valence-corrected chi connectivity index (χ4v) is 2.37. The van der Waals surface area contributed by atoms with Crippen molar-refractivity contribution in [2.45, 2.75) is 19.4 Å². The van der Waals surface area contributed by atoms with E-state index in [9.17, 15) is 0 Å². The van der Waals surface area contributed by atoms with Gasteiger partial charge in [0.25, 0.3) is 0 Å². The smallest absolute Gasteiger partial charge is 0.0724 e. The number of aliphatic hydroxyl groups is 1. The summed E-state index contributed by atoms with van der Waals surface area (Å²) in [6.07, 6.45) is 0. The Balaban J connectivity index is 3.11. The van der Waals surface area contributed by atoms with Gasteiger partial charge in [0, 0.05) is 4.88 Å². The summed E-state index contributed by atoms with van der Waals surface area (Å²) < 4.78 is 0. The molecule has 0 aliphatic carbocycles. The second kappa shape index (κ2) is 3.34. The van der Waals surface area contributed by atoms with Gasteiger partial charge in [-0.1, -0.05) is 11.6 Å². The van der Waals surface area contributed by atoms with Crippen LogP contribution in [0.1, 0.15) is 17.4 Å². The van der Waals surface area contributed by atoms with Crippen LogP contribution >= 0.6 is 22.9 Å². The van der Waals surface area contributed by atoms with E-state index in [0.29, 0.717) is 5.02 Å². The van der Waals surface area contributed by atoms with Crippen molar-refractivity contribution >= 4 is 22.9 Å². The Morgan fingerprint density at radius 2 is 2.33 bits per heavy atom. The van der Waals surface area contributed by atoms with E-state index < -0.39 is 5.54 Å². The third-order valence-corrected chi connectivity index (χ3v) is 3.72. The fourth-order valence-electron chi connectivity index (χ4n) is 0.887. The zero-order valence-corrected chi connectivity index (χ0v) is 8.67. The SMILES string of the molecule is Cc1csc(C(C)(N)CO)c1Cl. The van der Waals surface area contributed by atoms with Gasteiger partial charge in [-0.15, -0.1) is 11.3 Å². The van der Waals surface area contributed by atoms with E-state index in [1.165, 1.54) is 11.3 Å². The molecule has 0 radical (unpaired) electrons. The average Bonchev–Trinajstić information content (AvgIpc) is 2.33. The molecule has 0 bridgehead atoms. The molecule has 0 aromatic carbocycles. The van der Waals surface area contributed by atoms with E-state index in [0.717, 1.165) is 10.4 Å². The first kappa shape index (κ1) is 9.99. The normalized spacial score (nSPS) is 16.1. The van der Waals surface area contributed by atoms with Crippen LogP contribution in [0.25, 0.3) is 0 Å². The van der Waals surface area contributed by atoms with E-state index in [1.54, 1.807) is 6.92 Å². The van der Waals surface area contributed by atoms with Crippen molar-refractivity contribution < 1.29 is 5.11 Å². The van der Waals surface area contributed by atoms with Gasteiger partial charge in [0.1, 0.15) is 0 Å². The fraction of sp³-hybridized carbons (Fsp3) is 0.500. The van der Waals surface area contributed by atoms with E-state index >= 15 is 0 Å². The van der Waals surface area contributed by atoms with Crippen LogP contribution in [0.2, 0.25) is 5.02 Å². The number of nitrogens with two attached hydrogens (primary N) is 1. The van der Waals surface area contributed by atoms with Crippen molar-refractivity contribution in [3.05, 3.63) is 20.8 Å². The minimum absolute atomic E-state index is 0.0906. The third-order valence-electron chi connectivity index (χ3n) is 1.75. The quantitative estimate of drug-likeness (QED) is 0.775. The summed E-state index contributed by atoms with van der Waals surface area (Å²) >= 11 is 7.48. The van der Waals surface area contributed by atoms with E-state index in [2.05, 4.69) is 0 Å². The van der Waals surface area contributed by atoms with Gasteiger partial charge in [0.05, 0.1) is 17.2 Å². The molecule has 4 heteroatoms. The first-order valence-corrected chi connectivity index (χ1v) is 4.88. The largest absolute Gasteiger partial charge is 0.394 e. The summed E-state index contributed by atoms with van der Waals surface area (Å²) in [4.78, 5) is 0.851. The molecule has 0 amide bonds. The second-order valence-corrected chi connectivity index (χ2v) is 4.40. The Kier molecular flexibility index (Phi) is 2.78. The number of hydrogen-bond donors (Lipinski definition) is 2. The number of aliphatic hydroxyl groups excluding tert-OH is 1. The molecule has 12 heavy (non-hydrogen) atoms. The molecule has 1 unspecified atom stereocenters. The molecule has 2 nitrogen and oxygen atoms in total. The Morgan fingerprint density at radius 3 is 2.67 bits per heavy atom. The summed E-state index contributed by atoms with van der Waals surface area (Å²) in [7, 11) is 0. The van der Waals surface area contributed by atoms with E-state index in [-0.39, 0.29) is 6.61 Å². The van der Waals surface area contributed by atoms with Crippen LogP contribution in [0.3, 0.4) is 0 Å². The first-order valence-electron chi connectivity index (χ1n) is 3.63.